The summed E-state index contributed by atoms with van der Waals surface area (Å²) < 4.78 is 36.9. The van der Waals surface area contributed by atoms with Gasteiger partial charge in [0.25, 0.3) is 0 Å². The standard InChI is InChI=1S/C36H40F2N4O4/c1-22-8-7-9-23(16-22)36(2,14-6-4-5-10-33(44)45)32-21-41-35(42-32)28-18-25(11-12-29(28)37)46-34-27(17-24(43)20-39-3)26-13-15-40-31(26)19-30(34)38/h7-9,11-13,15-16,18-19,21,24,39-40,43H,4-6,10,14,17,20H2,1-3H3,(H,41,42)(H,44,45). The van der Waals surface area contributed by atoms with Crippen LogP contribution in [0.3, 0.4) is 0 Å². The minimum Gasteiger partial charge on any atom is -0.481 e. The number of aliphatic hydroxyl groups excluding tert-OH is 1. The number of aromatic nitrogens is 3. The van der Waals surface area contributed by atoms with Crippen molar-refractivity contribution in [2.24, 2.45) is 0 Å². The number of hydrogen-bond donors (Lipinski definition) is 5. The Kier molecular flexibility index (Phi) is 10.2. The number of nitrogens with zero attached hydrogens (tertiary/aromatic N) is 1. The number of aliphatic carboxylic acids is 1. The maximum atomic E-state index is 15.4. The van der Waals surface area contributed by atoms with E-state index in [0.717, 1.165) is 41.5 Å². The summed E-state index contributed by atoms with van der Waals surface area (Å²) in [6.07, 6.45) is 5.80. The fraction of sp³-hybridized carbons (Fsp3) is 0.333. The number of aromatic amines is 2. The highest BCUT2D eigenvalue weighted by Crippen LogP contribution is 2.39. The molecule has 2 atom stereocenters. The van der Waals surface area contributed by atoms with E-state index in [1.165, 1.54) is 24.3 Å². The number of rotatable bonds is 15. The molecule has 10 heteroatoms. The van der Waals surface area contributed by atoms with Crippen LogP contribution in [0.2, 0.25) is 0 Å². The third-order valence-electron chi connectivity index (χ3n) is 8.55. The summed E-state index contributed by atoms with van der Waals surface area (Å²) in [4.78, 5) is 21.9. The Morgan fingerprint density at radius 3 is 2.67 bits per heavy atom. The van der Waals surface area contributed by atoms with Gasteiger partial charge >= 0.3 is 5.97 Å². The molecule has 0 aliphatic rings. The molecule has 8 nitrogen and oxygen atoms in total. The number of aryl methyl sites for hydroxylation is 1. The van der Waals surface area contributed by atoms with Crippen LogP contribution >= 0.6 is 0 Å². The predicted octanol–water partition coefficient (Wildman–Crippen LogP) is 7.40. The zero-order valence-corrected chi connectivity index (χ0v) is 26.3. The molecule has 0 bridgehead atoms. The highest BCUT2D eigenvalue weighted by Gasteiger charge is 2.31. The van der Waals surface area contributed by atoms with Crippen molar-refractivity contribution in [2.45, 2.75) is 63.9 Å². The molecule has 0 aliphatic heterocycles. The van der Waals surface area contributed by atoms with Crippen LogP contribution < -0.4 is 10.1 Å². The number of fused-ring (bicyclic) bond motifs is 1. The van der Waals surface area contributed by atoms with Gasteiger partial charge in [-0.25, -0.2) is 13.8 Å². The van der Waals surface area contributed by atoms with Gasteiger partial charge in [-0.2, -0.15) is 0 Å². The van der Waals surface area contributed by atoms with Crippen LogP contribution in [-0.2, 0) is 16.6 Å². The summed E-state index contributed by atoms with van der Waals surface area (Å²) in [7, 11) is 1.73. The van der Waals surface area contributed by atoms with Crippen LogP contribution in [-0.4, -0.2) is 50.8 Å². The first-order valence-corrected chi connectivity index (χ1v) is 15.5. The fourth-order valence-corrected chi connectivity index (χ4v) is 6.04. The van der Waals surface area contributed by atoms with Crippen molar-refractivity contribution in [2.75, 3.05) is 13.6 Å². The molecule has 5 aromatic rings. The molecule has 0 spiro atoms. The van der Waals surface area contributed by atoms with E-state index in [2.05, 4.69) is 39.3 Å². The number of carboxylic acid groups (broad SMARTS) is 1. The Bertz CT molecular complexity index is 1820. The van der Waals surface area contributed by atoms with Gasteiger partial charge in [0.1, 0.15) is 17.4 Å². The Morgan fingerprint density at radius 2 is 1.91 bits per heavy atom. The number of ether oxygens (including phenoxy) is 1. The quantitative estimate of drug-likeness (QED) is 0.0769. The molecule has 2 aromatic heterocycles. The first-order chi connectivity index (χ1) is 22.1. The van der Waals surface area contributed by atoms with E-state index in [0.29, 0.717) is 29.9 Å². The Morgan fingerprint density at radius 1 is 1.09 bits per heavy atom. The average Bonchev–Trinajstić information content (AvgIpc) is 3.70. The second-order valence-corrected chi connectivity index (χ2v) is 12.1. The number of unbranched alkanes of at least 4 members (excludes halogenated alkanes) is 2. The van der Waals surface area contributed by atoms with Gasteiger partial charge in [-0.05, 0) is 63.6 Å². The Hall–Kier alpha value is -4.54. The van der Waals surface area contributed by atoms with Crippen molar-refractivity contribution in [3.05, 3.63) is 101 Å². The van der Waals surface area contributed by atoms with Gasteiger partial charge in [-0.1, -0.05) is 42.7 Å². The summed E-state index contributed by atoms with van der Waals surface area (Å²) in [5.41, 5.74) is 3.72. The van der Waals surface area contributed by atoms with Crippen molar-refractivity contribution in [1.29, 1.82) is 0 Å². The largest absolute Gasteiger partial charge is 0.481 e. The molecule has 5 rings (SSSR count). The van der Waals surface area contributed by atoms with E-state index in [9.17, 15) is 9.90 Å². The molecule has 0 amide bonds. The lowest BCUT2D eigenvalue weighted by Gasteiger charge is -2.29. The van der Waals surface area contributed by atoms with Gasteiger partial charge in [0, 0.05) is 65.4 Å². The third kappa shape index (κ3) is 7.29. The van der Waals surface area contributed by atoms with Gasteiger partial charge in [0.2, 0.25) is 0 Å². The normalized spacial score (nSPS) is 13.5. The lowest BCUT2D eigenvalue weighted by Crippen LogP contribution is -2.25. The molecule has 3 aromatic carbocycles. The molecular weight excluding hydrogens is 590 g/mol. The van der Waals surface area contributed by atoms with E-state index < -0.39 is 29.1 Å². The number of halogens is 2. The van der Waals surface area contributed by atoms with Gasteiger partial charge in [0.15, 0.2) is 11.6 Å². The van der Waals surface area contributed by atoms with E-state index in [4.69, 9.17) is 9.84 Å². The number of carbonyl (C=O) groups is 1. The maximum Gasteiger partial charge on any atom is 0.303 e. The number of benzene rings is 3. The molecule has 0 saturated carbocycles. The molecule has 0 fully saturated rings. The predicted molar refractivity (Wildman–Crippen MR) is 174 cm³/mol. The van der Waals surface area contributed by atoms with Gasteiger partial charge < -0.3 is 30.2 Å². The summed E-state index contributed by atoms with van der Waals surface area (Å²) in [6, 6.07) is 15.5. The van der Waals surface area contributed by atoms with Gasteiger partial charge in [-0.15, -0.1) is 0 Å². The van der Waals surface area contributed by atoms with Crippen LogP contribution in [0, 0.1) is 18.6 Å². The molecule has 0 saturated heterocycles. The first-order valence-electron chi connectivity index (χ1n) is 15.5. The van der Waals surface area contributed by atoms with Crippen molar-refractivity contribution in [3.63, 3.8) is 0 Å². The SMILES string of the molecule is CNCC(O)Cc1c(Oc2ccc(F)c(-c3ncc(C(C)(CCCCCC(=O)O)c4cccc(C)c4)[nH]3)c2)c(F)cc2[nH]ccc12. The van der Waals surface area contributed by atoms with E-state index in [1.54, 1.807) is 25.5 Å². The third-order valence-corrected chi connectivity index (χ3v) is 8.55. The van der Waals surface area contributed by atoms with Crippen molar-refractivity contribution < 1.29 is 28.5 Å². The van der Waals surface area contributed by atoms with Crippen LogP contribution in [0.5, 0.6) is 11.5 Å². The van der Waals surface area contributed by atoms with Crippen LogP contribution in [0.25, 0.3) is 22.3 Å². The molecular formula is C36H40F2N4O4. The molecule has 0 radical (unpaired) electrons. The number of carboxylic acids is 1. The summed E-state index contributed by atoms with van der Waals surface area (Å²) >= 11 is 0. The van der Waals surface area contributed by atoms with Gasteiger partial charge in [0.05, 0.1) is 11.7 Å². The molecule has 0 aliphatic carbocycles. The van der Waals surface area contributed by atoms with Crippen molar-refractivity contribution in [1.82, 2.24) is 20.3 Å². The number of hydrogen-bond acceptors (Lipinski definition) is 5. The molecule has 5 N–H and O–H groups in total. The molecule has 46 heavy (non-hydrogen) atoms. The smallest absolute Gasteiger partial charge is 0.303 e. The Balaban J connectivity index is 1.46. The summed E-state index contributed by atoms with van der Waals surface area (Å²) in [5.74, 6) is -1.45. The second-order valence-electron chi connectivity index (χ2n) is 12.1. The fourth-order valence-electron chi connectivity index (χ4n) is 6.04. The van der Waals surface area contributed by atoms with E-state index in [1.807, 2.05) is 19.1 Å². The average molecular weight is 631 g/mol. The summed E-state index contributed by atoms with van der Waals surface area (Å²) in [6.45, 7) is 4.45. The zero-order chi connectivity index (χ0) is 32.8. The van der Waals surface area contributed by atoms with Crippen LogP contribution in [0.4, 0.5) is 8.78 Å². The molecule has 2 heterocycles. The van der Waals surface area contributed by atoms with Crippen molar-refractivity contribution >= 4 is 16.9 Å². The highest BCUT2D eigenvalue weighted by atomic mass is 19.1. The zero-order valence-electron chi connectivity index (χ0n) is 26.3. The number of aliphatic hydroxyl groups is 1. The van der Waals surface area contributed by atoms with Gasteiger partial charge in [-0.3, -0.25) is 4.79 Å². The Labute approximate surface area is 266 Å². The molecule has 242 valence electrons. The highest BCUT2D eigenvalue weighted by molar-refractivity contribution is 5.85. The second kappa shape index (κ2) is 14.3. The lowest BCUT2D eigenvalue weighted by atomic mass is 9.75. The minimum absolute atomic E-state index is 0.0325. The maximum absolute atomic E-state index is 15.4. The first kappa shape index (κ1) is 32.8. The topological polar surface area (TPSA) is 123 Å². The van der Waals surface area contributed by atoms with E-state index in [-0.39, 0.29) is 29.9 Å². The number of imidazole rings is 1. The minimum atomic E-state index is -0.803. The van der Waals surface area contributed by atoms with Crippen LogP contribution in [0.15, 0.2) is 67.0 Å². The van der Waals surface area contributed by atoms with Crippen LogP contribution in [0.1, 0.15) is 61.4 Å². The number of nitrogens with one attached hydrogen (secondary N) is 3. The van der Waals surface area contributed by atoms with E-state index >= 15 is 8.78 Å². The molecule has 2 unspecified atom stereocenters. The lowest BCUT2D eigenvalue weighted by molar-refractivity contribution is -0.137. The number of likely N-dealkylation sites (N-methyl/N-ethyl adjacent to an activating group) is 1. The number of H-pyrrole nitrogens is 2. The van der Waals surface area contributed by atoms with Crippen molar-refractivity contribution in [3.8, 4) is 22.9 Å². The monoisotopic (exact) mass is 630 g/mol. The summed E-state index contributed by atoms with van der Waals surface area (Å²) in [5, 5.41) is 23.2.